The highest BCUT2D eigenvalue weighted by Crippen LogP contribution is 2.29. The van der Waals surface area contributed by atoms with E-state index in [1.807, 2.05) is 0 Å². The minimum atomic E-state index is -0.164. The van der Waals surface area contributed by atoms with Crippen LogP contribution >= 0.6 is 0 Å². The average Bonchev–Trinajstić information content (AvgIpc) is 2.40. The fourth-order valence-corrected chi connectivity index (χ4v) is 3.60. The van der Waals surface area contributed by atoms with Crippen molar-refractivity contribution in [2.24, 2.45) is 11.8 Å². The highest BCUT2D eigenvalue weighted by molar-refractivity contribution is 4.84. The summed E-state index contributed by atoms with van der Waals surface area (Å²) < 4.78 is 0. The van der Waals surface area contributed by atoms with Crippen LogP contribution in [0.4, 0.5) is 0 Å². The molecule has 1 saturated carbocycles. The Morgan fingerprint density at radius 2 is 1.83 bits per heavy atom. The number of hydrogen-bond acceptors (Lipinski definition) is 4. The molecule has 2 atom stereocenters. The number of hydrogen-bond donors (Lipinski definition) is 1. The molecule has 0 aromatic carbocycles. The van der Waals surface area contributed by atoms with Crippen molar-refractivity contribution in [3.05, 3.63) is 5.21 Å². The summed E-state index contributed by atoms with van der Waals surface area (Å²) in [6.07, 6.45) is 8.14. The predicted molar refractivity (Wildman–Crippen MR) is 72.2 cm³/mol. The third kappa shape index (κ3) is 3.67. The summed E-state index contributed by atoms with van der Waals surface area (Å²) in [6, 6.07) is -0.164. The Labute approximate surface area is 110 Å². The maximum atomic E-state index is 11.2. The second-order valence-corrected chi connectivity index (χ2v) is 6.07. The lowest BCUT2D eigenvalue weighted by Crippen LogP contribution is -2.45. The molecular formula is C14H27N2O2-. The monoisotopic (exact) mass is 255 g/mol. The van der Waals surface area contributed by atoms with Crippen molar-refractivity contribution < 1.29 is 5.21 Å². The predicted octanol–water partition coefficient (Wildman–Crippen LogP) is 2.86. The SMILES string of the molecule is CCC1CCN(CC2CCCCC2N([O-])O)CC1. The highest BCUT2D eigenvalue weighted by Gasteiger charge is 2.28. The molecule has 0 spiro atoms. The first-order valence-corrected chi connectivity index (χ1v) is 7.58. The van der Waals surface area contributed by atoms with Crippen LogP contribution in [0.2, 0.25) is 0 Å². The van der Waals surface area contributed by atoms with E-state index in [1.54, 1.807) is 0 Å². The molecule has 18 heavy (non-hydrogen) atoms. The molecule has 1 N–H and O–H groups in total. The first-order valence-electron chi connectivity index (χ1n) is 7.58. The molecule has 1 aliphatic heterocycles. The molecule has 0 radical (unpaired) electrons. The molecule has 106 valence electrons. The van der Waals surface area contributed by atoms with Gasteiger partial charge in [0, 0.05) is 12.6 Å². The molecule has 2 fully saturated rings. The fourth-order valence-electron chi connectivity index (χ4n) is 3.60. The summed E-state index contributed by atoms with van der Waals surface area (Å²) in [5, 5.41) is 20.6. The summed E-state index contributed by atoms with van der Waals surface area (Å²) in [7, 11) is 0. The van der Waals surface area contributed by atoms with Crippen LogP contribution < -0.4 is 0 Å². The van der Waals surface area contributed by atoms with Crippen LogP contribution in [0, 0.1) is 17.0 Å². The molecule has 1 aliphatic carbocycles. The van der Waals surface area contributed by atoms with Gasteiger partial charge in [-0.05, 0) is 50.6 Å². The Balaban J connectivity index is 1.80. The normalized spacial score (nSPS) is 32.0. The molecule has 0 aromatic heterocycles. The smallest absolute Gasteiger partial charge is 0.0257 e. The molecule has 1 heterocycles. The molecule has 0 amide bonds. The second-order valence-electron chi connectivity index (χ2n) is 6.07. The Bertz CT molecular complexity index is 240. The van der Waals surface area contributed by atoms with Crippen LogP contribution in [-0.2, 0) is 0 Å². The van der Waals surface area contributed by atoms with Crippen molar-refractivity contribution >= 4 is 0 Å². The molecule has 2 unspecified atom stereocenters. The number of piperidine rings is 1. The maximum absolute atomic E-state index is 11.2. The number of likely N-dealkylation sites (tertiary alicyclic amines) is 1. The van der Waals surface area contributed by atoms with Crippen molar-refractivity contribution in [2.75, 3.05) is 19.6 Å². The van der Waals surface area contributed by atoms with Crippen molar-refractivity contribution in [1.82, 2.24) is 10.1 Å². The lowest BCUT2D eigenvalue weighted by molar-refractivity contribution is -0.110. The van der Waals surface area contributed by atoms with Crippen LogP contribution in [0.1, 0.15) is 51.9 Å². The number of rotatable bonds is 4. The van der Waals surface area contributed by atoms with Crippen molar-refractivity contribution in [3.63, 3.8) is 0 Å². The van der Waals surface area contributed by atoms with Crippen molar-refractivity contribution in [3.8, 4) is 0 Å². The first kappa shape index (κ1) is 14.3. The van der Waals surface area contributed by atoms with Gasteiger partial charge in [-0.2, -0.15) is 0 Å². The third-order valence-corrected chi connectivity index (χ3v) is 4.93. The molecule has 2 aliphatic rings. The van der Waals surface area contributed by atoms with Crippen LogP contribution in [-0.4, -0.2) is 41.0 Å². The molecule has 0 bridgehead atoms. The Morgan fingerprint density at radius 1 is 1.17 bits per heavy atom. The van der Waals surface area contributed by atoms with Crippen LogP contribution in [0.5, 0.6) is 0 Å². The second kappa shape index (κ2) is 6.85. The van der Waals surface area contributed by atoms with E-state index in [0.717, 1.165) is 31.7 Å². The molecule has 2 rings (SSSR count). The zero-order chi connectivity index (χ0) is 13.0. The molecular weight excluding hydrogens is 228 g/mol. The quantitative estimate of drug-likeness (QED) is 0.785. The van der Waals surface area contributed by atoms with Gasteiger partial charge in [0.1, 0.15) is 0 Å². The first-order chi connectivity index (χ1) is 8.70. The van der Waals surface area contributed by atoms with E-state index in [2.05, 4.69) is 11.8 Å². The lowest BCUT2D eigenvalue weighted by atomic mass is 9.83. The van der Waals surface area contributed by atoms with E-state index in [0.29, 0.717) is 5.92 Å². The molecule has 4 heteroatoms. The number of hydroxylamine groups is 2. The van der Waals surface area contributed by atoms with Gasteiger partial charge in [0.25, 0.3) is 0 Å². The number of nitrogens with zero attached hydrogens (tertiary/aromatic N) is 2. The van der Waals surface area contributed by atoms with Gasteiger partial charge < -0.3 is 15.3 Å². The van der Waals surface area contributed by atoms with E-state index in [9.17, 15) is 10.4 Å². The van der Waals surface area contributed by atoms with Gasteiger partial charge in [-0.15, -0.1) is 0 Å². The minimum Gasteiger partial charge on any atom is -0.762 e. The van der Waals surface area contributed by atoms with Crippen molar-refractivity contribution in [2.45, 2.75) is 57.9 Å². The summed E-state index contributed by atoms with van der Waals surface area (Å²) >= 11 is 0. The standard InChI is InChI=1S/C14H27N2O2/c1-2-12-7-9-15(10-8-12)11-13-5-3-4-6-14(13)16(17)18/h12-14,17H,2-11H2,1H3/q-1. The van der Waals surface area contributed by atoms with Gasteiger partial charge >= 0.3 is 0 Å². The van der Waals surface area contributed by atoms with Gasteiger partial charge in [0.05, 0.1) is 0 Å². The van der Waals surface area contributed by atoms with Gasteiger partial charge in [-0.1, -0.05) is 26.2 Å². The summed E-state index contributed by atoms with van der Waals surface area (Å²) in [5.41, 5.74) is 0. The van der Waals surface area contributed by atoms with E-state index in [1.165, 1.54) is 38.8 Å². The highest BCUT2D eigenvalue weighted by atomic mass is 16.8. The fraction of sp³-hybridized carbons (Fsp3) is 1.00. The topological polar surface area (TPSA) is 49.8 Å². The average molecular weight is 255 g/mol. The molecule has 0 aromatic rings. The summed E-state index contributed by atoms with van der Waals surface area (Å²) in [6.45, 7) is 5.62. The minimum absolute atomic E-state index is 0.164. The van der Waals surface area contributed by atoms with Gasteiger partial charge in [-0.25, -0.2) is 0 Å². The van der Waals surface area contributed by atoms with Crippen LogP contribution in [0.3, 0.4) is 0 Å². The van der Waals surface area contributed by atoms with Gasteiger partial charge in [0.2, 0.25) is 0 Å². The van der Waals surface area contributed by atoms with E-state index in [4.69, 9.17) is 0 Å². The Morgan fingerprint density at radius 3 is 2.44 bits per heavy atom. The largest absolute Gasteiger partial charge is 0.762 e. The van der Waals surface area contributed by atoms with Crippen LogP contribution in [0.15, 0.2) is 0 Å². The Kier molecular flexibility index (Phi) is 5.42. The third-order valence-electron chi connectivity index (χ3n) is 4.93. The van der Waals surface area contributed by atoms with E-state index in [-0.39, 0.29) is 11.3 Å². The maximum Gasteiger partial charge on any atom is 0.0257 e. The van der Waals surface area contributed by atoms with E-state index >= 15 is 0 Å². The molecule has 4 nitrogen and oxygen atoms in total. The van der Waals surface area contributed by atoms with Gasteiger partial charge in [0.15, 0.2) is 0 Å². The van der Waals surface area contributed by atoms with E-state index < -0.39 is 0 Å². The van der Waals surface area contributed by atoms with Crippen molar-refractivity contribution in [1.29, 1.82) is 0 Å². The summed E-state index contributed by atoms with van der Waals surface area (Å²) in [4.78, 5) is 2.50. The van der Waals surface area contributed by atoms with Crippen LogP contribution in [0.25, 0.3) is 0 Å². The molecule has 1 saturated heterocycles. The Hall–Kier alpha value is -0.160. The lowest BCUT2D eigenvalue weighted by Gasteiger charge is -2.43. The zero-order valence-electron chi connectivity index (χ0n) is 11.6. The van der Waals surface area contributed by atoms with Gasteiger partial charge in [-0.3, -0.25) is 5.23 Å². The zero-order valence-corrected chi connectivity index (χ0v) is 11.6. The summed E-state index contributed by atoms with van der Waals surface area (Å²) in [5.74, 6) is 1.26.